The van der Waals surface area contributed by atoms with Crippen molar-refractivity contribution in [3.05, 3.63) is 35.6 Å². The Kier molecular flexibility index (Phi) is 4.50. The zero-order valence-electron chi connectivity index (χ0n) is 11.0. The molecule has 0 fully saturated rings. The molecule has 1 aromatic carbocycles. The molecular formula is C14H17NO3S. The van der Waals surface area contributed by atoms with Crippen molar-refractivity contribution in [3.8, 4) is 0 Å². The molecule has 1 unspecified atom stereocenters. The van der Waals surface area contributed by atoms with Crippen molar-refractivity contribution in [1.82, 2.24) is 5.32 Å². The normalized spacial score (nSPS) is 12.7. The van der Waals surface area contributed by atoms with Crippen LogP contribution in [-0.2, 0) is 6.54 Å². The third-order valence-electron chi connectivity index (χ3n) is 2.91. The standard InChI is InChI=1S/C14H17NO3S/c1-9(8-19-2)15-7-12-13(14(16)17)10-5-3-4-6-11(10)18-12/h3-6,9,15H,7-8H2,1-2H3,(H,16,17). The summed E-state index contributed by atoms with van der Waals surface area (Å²) in [7, 11) is 0. The maximum atomic E-state index is 11.4. The van der Waals surface area contributed by atoms with E-state index in [4.69, 9.17) is 4.42 Å². The summed E-state index contributed by atoms with van der Waals surface area (Å²) >= 11 is 1.75. The summed E-state index contributed by atoms with van der Waals surface area (Å²) in [6.45, 7) is 2.50. The molecule has 102 valence electrons. The summed E-state index contributed by atoms with van der Waals surface area (Å²) in [6, 6.07) is 7.53. The topological polar surface area (TPSA) is 62.5 Å². The highest BCUT2D eigenvalue weighted by molar-refractivity contribution is 7.98. The predicted molar refractivity (Wildman–Crippen MR) is 77.9 cm³/mol. The molecule has 19 heavy (non-hydrogen) atoms. The predicted octanol–water partition coefficient (Wildman–Crippen LogP) is 2.97. The molecule has 2 rings (SSSR count). The molecule has 0 radical (unpaired) electrons. The van der Waals surface area contributed by atoms with Gasteiger partial charge in [-0.15, -0.1) is 0 Å². The van der Waals surface area contributed by atoms with Crippen molar-refractivity contribution in [2.75, 3.05) is 12.0 Å². The van der Waals surface area contributed by atoms with E-state index >= 15 is 0 Å². The number of rotatable bonds is 6. The average molecular weight is 279 g/mol. The van der Waals surface area contributed by atoms with Crippen molar-refractivity contribution in [2.45, 2.75) is 19.5 Å². The highest BCUT2D eigenvalue weighted by Crippen LogP contribution is 2.25. The second kappa shape index (κ2) is 6.12. The largest absolute Gasteiger partial charge is 0.478 e. The minimum absolute atomic E-state index is 0.263. The van der Waals surface area contributed by atoms with Crippen LogP contribution in [0.15, 0.2) is 28.7 Å². The number of fused-ring (bicyclic) bond motifs is 1. The van der Waals surface area contributed by atoms with Gasteiger partial charge in [0.05, 0.1) is 6.54 Å². The van der Waals surface area contributed by atoms with E-state index in [2.05, 4.69) is 12.2 Å². The Labute approximate surface area is 116 Å². The smallest absolute Gasteiger partial charge is 0.339 e. The molecule has 0 bridgehead atoms. The van der Waals surface area contributed by atoms with E-state index < -0.39 is 5.97 Å². The first-order valence-corrected chi connectivity index (χ1v) is 7.49. The number of furan rings is 1. The number of nitrogens with one attached hydrogen (secondary N) is 1. The van der Waals surface area contributed by atoms with Crippen LogP contribution in [0.5, 0.6) is 0 Å². The lowest BCUT2D eigenvalue weighted by Crippen LogP contribution is -2.28. The van der Waals surface area contributed by atoms with Crippen molar-refractivity contribution < 1.29 is 14.3 Å². The van der Waals surface area contributed by atoms with E-state index in [0.29, 0.717) is 29.3 Å². The van der Waals surface area contributed by atoms with E-state index in [-0.39, 0.29) is 5.56 Å². The quantitative estimate of drug-likeness (QED) is 0.851. The summed E-state index contributed by atoms with van der Waals surface area (Å²) in [5, 5.41) is 13.3. The molecule has 1 heterocycles. The summed E-state index contributed by atoms with van der Waals surface area (Å²) in [5.74, 6) is 0.517. The summed E-state index contributed by atoms with van der Waals surface area (Å²) in [5.41, 5.74) is 0.883. The van der Waals surface area contributed by atoms with Crippen LogP contribution in [0, 0.1) is 0 Å². The van der Waals surface area contributed by atoms with E-state index in [0.717, 1.165) is 5.75 Å². The van der Waals surface area contributed by atoms with Gasteiger partial charge in [0.1, 0.15) is 16.9 Å². The SMILES string of the molecule is CSCC(C)NCc1oc2ccccc2c1C(=O)O. The zero-order chi connectivity index (χ0) is 13.8. The van der Waals surface area contributed by atoms with E-state index in [1.165, 1.54) is 0 Å². The van der Waals surface area contributed by atoms with Gasteiger partial charge in [-0.1, -0.05) is 18.2 Å². The van der Waals surface area contributed by atoms with Crippen LogP contribution < -0.4 is 5.32 Å². The van der Waals surface area contributed by atoms with Crippen LogP contribution in [0.25, 0.3) is 11.0 Å². The second-order valence-electron chi connectivity index (χ2n) is 4.44. The fourth-order valence-corrected chi connectivity index (χ4v) is 2.65. The van der Waals surface area contributed by atoms with Crippen LogP contribution >= 0.6 is 11.8 Å². The second-order valence-corrected chi connectivity index (χ2v) is 5.35. The van der Waals surface area contributed by atoms with Gasteiger partial charge in [-0.05, 0) is 19.2 Å². The molecule has 0 saturated heterocycles. The van der Waals surface area contributed by atoms with Crippen molar-refractivity contribution in [1.29, 1.82) is 0 Å². The molecule has 0 aliphatic rings. The number of hydrogen-bond acceptors (Lipinski definition) is 4. The van der Waals surface area contributed by atoms with Gasteiger partial charge in [-0.3, -0.25) is 0 Å². The first kappa shape index (κ1) is 14.0. The van der Waals surface area contributed by atoms with Crippen LogP contribution in [0.2, 0.25) is 0 Å². The minimum atomic E-state index is -0.945. The van der Waals surface area contributed by atoms with Crippen molar-refractivity contribution in [2.24, 2.45) is 0 Å². The summed E-state index contributed by atoms with van der Waals surface area (Å²) in [6.07, 6.45) is 2.04. The Bertz CT molecular complexity index is 579. The van der Waals surface area contributed by atoms with Crippen LogP contribution in [-0.4, -0.2) is 29.1 Å². The molecule has 0 saturated carbocycles. The number of para-hydroxylation sites is 1. The molecule has 5 heteroatoms. The number of aromatic carboxylic acids is 1. The number of thioether (sulfide) groups is 1. The van der Waals surface area contributed by atoms with Gasteiger partial charge in [0.2, 0.25) is 0 Å². The molecule has 1 aromatic heterocycles. The molecule has 0 aliphatic heterocycles. The van der Waals surface area contributed by atoms with Gasteiger partial charge < -0.3 is 14.8 Å². The Hall–Kier alpha value is -1.46. The fourth-order valence-electron chi connectivity index (χ4n) is 2.03. The summed E-state index contributed by atoms with van der Waals surface area (Å²) in [4.78, 5) is 11.4. The van der Waals surface area contributed by atoms with Crippen molar-refractivity contribution in [3.63, 3.8) is 0 Å². The maximum absolute atomic E-state index is 11.4. The lowest BCUT2D eigenvalue weighted by molar-refractivity contribution is 0.0696. The Balaban J connectivity index is 2.27. The minimum Gasteiger partial charge on any atom is -0.478 e. The Morgan fingerprint density at radius 1 is 1.47 bits per heavy atom. The number of benzene rings is 1. The maximum Gasteiger partial charge on any atom is 0.339 e. The highest BCUT2D eigenvalue weighted by atomic mass is 32.2. The first-order valence-electron chi connectivity index (χ1n) is 6.09. The van der Waals surface area contributed by atoms with Crippen LogP contribution in [0.3, 0.4) is 0 Å². The Morgan fingerprint density at radius 3 is 2.89 bits per heavy atom. The van der Waals surface area contributed by atoms with Crippen LogP contribution in [0.1, 0.15) is 23.0 Å². The van der Waals surface area contributed by atoms with E-state index in [1.807, 2.05) is 18.4 Å². The van der Waals surface area contributed by atoms with Crippen LogP contribution in [0.4, 0.5) is 0 Å². The number of carboxylic acid groups (broad SMARTS) is 1. The first-order chi connectivity index (χ1) is 9.13. The molecule has 2 N–H and O–H groups in total. The zero-order valence-corrected chi connectivity index (χ0v) is 11.8. The van der Waals surface area contributed by atoms with Gasteiger partial charge in [-0.2, -0.15) is 11.8 Å². The number of carboxylic acids is 1. The van der Waals surface area contributed by atoms with Gasteiger partial charge in [0.15, 0.2) is 0 Å². The van der Waals surface area contributed by atoms with Gasteiger partial charge in [0.25, 0.3) is 0 Å². The lowest BCUT2D eigenvalue weighted by Gasteiger charge is -2.11. The highest BCUT2D eigenvalue weighted by Gasteiger charge is 2.19. The van der Waals surface area contributed by atoms with E-state index in [1.54, 1.807) is 23.9 Å². The molecule has 0 spiro atoms. The van der Waals surface area contributed by atoms with Gasteiger partial charge >= 0.3 is 5.97 Å². The molecule has 1 atom stereocenters. The average Bonchev–Trinajstić information content (AvgIpc) is 2.75. The molecular weight excluding hydrogens is 262 g/mol. The Morgan fingerprint density at radius 2 is 2.21 bits per heavy atom. The van der Waals surface area contributed by atoms with Gasteiger partial charge in [0, 0.05) is 17.2 Å². The monoisotopic (exact) mass is 279 g/mol. The number of carbonyl (C=O) groups is 1. The third kappa shape index (κ3) is 3.11. The molecule has 0 aliphatic carbocycles. The molecule has 4 nitrogen and oxygen atoms in total. The molecule has 2 aromatic rings. The fraction of sp³-hybridized carbons (Fsp3) is 0.357. The van der Waals surface area contributed by atoms with E-state index in [9.17, 15) is 9.90 Å². The van der Waals surface area contributed by atoms with Gasteiger partial charge in [-0.25, -0.2) is 4.79 Å². The number of hydrogen-bond donors (Lipinski definition) is 2. The lowest BCUT2D eigenvalue weighted by atomic mass is 10.1. The van der Waals surface area contributed by atoms with Crippen molar-refractivity contribution >= 4 is 28.7 Å². The molecule has 0 amide bonds. The third-order valence-corrected chi connectivity index (χ3v) is 3.74. The summed E-state index contributed by atoms with van der Waals surface area (Å²) < 4.78 is 5.64.